The average molecular weight is 1340 g/mol. The zero-order chi connectivity index (χ0) is 66.7. The summed E-state index contributed by atoms with van der Waals surface area (Å²) in [5, 5.41) is 2.76. The number of H-pyrrole nitrogens is 1. The average Bonchev–Trinajstić information content (AvgIpc) is 1.41. The molecule has 492 valence electrons. The van der Waals surface area contributed by atoms with Gasteiger partial charge in [-0.15, -0.1) is 9.42 Å². The summed E-state index contributed by atoms with van der Waals surface area (Å²) in [6.07, 6.45) is -8.10. The fourth-order valence-corrected chi connectivity index (χ4v) is 14.9. The Balaban J connectivity index is 1.20. The highest BCUT2D eigenvalue weighted by atomic mass is 31.2. The number of phosphoric ester groups is 1. The van der Waals surface area contributed by atoms with Crippen molar-refractivity contribution in [1.82, 2.24) is 24.1 Å². The van der Waals surface area contributed by atoms with Gasteiger partial charge in [0.15, 0.2) is 46.4 Å². The molecule has 2 saturated heterocycles. The van der Waals surface area contributed by atoms with Gasteiger partial charge in [-0.05, 0) is 94.7 Å². The Hall–Kier alpha value is -6.64. The zero-order valence-corrected chi connectivity index (χ0v) is 58.0. The summed E-state index contributed by atoms with van der Waals surface area (Å²) in [6.45, 7) is 29.4. The molecule has 0 spiro atoms. The fourth-order valence-electron chi connectivity index (χ4n) is 10.5. The molecule has 0 saturated carbocycles. The lowest BCUT2D eigenvalue weighted by Crippen LogP contribution is -2.51. The summed E-state index contributed by atoms with van der Waals surface area (Å²) in [5.41, 5.74) is -0.717. The predicted molar refractivity (Wildman–Crippen MR) is 351 cm³/mol. The number of nitrogens with zero attached hydrogens (tertiary/aromatic N) is 5. The first-order valence-electron chi connectivity index (χ1n) is 30.2. The van der Waals surface area contributed by atoms with Crippen molar-refractivity contribution in [2.24, 2.45) is 5.92 Å². The highest BCUT2D eigenvalue weighted by Gasteiger charge is 2.58. The van der Waals surface area contributed by atoms with E-state index < -0.39 is 134 Å². The molecule has 28 heteroatoms. The maximum Gasteiger partial charge on any atom is 0.695 e. The molecule has 9 rings (SSSR count). The van der Waals surface area contributed by atoms with Crippen molar-refractivity contribution < 1.29 is 69.4 Å². The van der Waals surface area contributed by atoms with E-state index in [1.54, 1.807) is 64.6 Å². The quantitative estimate of drug-likeness (QED) is 0.0149. The molecule has 0 bridgehead atoms. The molecule has 2 aliphatic heterocycles. The van der Waals surface area contributed by atoms with Crippen molar-refractivity contribution in [2.45, 2.75) is 146 Å². The van der Waals surface area contributed by atoms with Gasteiger partial charge in [0.25, 0.3) is 11.1 Å². The van der Waals surface area contributed by atoms with Crippen LogP contribution in [0, 0.1) is 12.5 Å². The molecule has 0 radical (unpaired) electrons. The van der Waals surface area contributed by atoms with Gasteiger partial charge in [-0.1, -0.05) is 128 Å². The normalized spacial score (nSPS) is 21.5. The van der Waals surface area contributed by atoms with Crippen LogP contribution in [0.1, 0.15) is 84.5 Å². The van der Waals surface area contributed by atoms with Crippen LogP contribution in [0.2, 0.25) is 36.3 Å². The van der Waals surface area contributed by atoms with Crippen LogP contribution in [-0.4, -0.2) is 129 Å². The summed E-state index contributed by atoms with van der Waals surface area (Å²) in [6, 6.07) is 33.3. The van der Waals surface area contributed by atoms with Crippen LogP contribution in [0.3, 0.4) is 0 Å². The predicted octanol–water partition coefficient (Wildman–Crippen LogP) is 11.8. The number of amides is 1. The number of aromatic amines is 1. The van der Waals surface area contributed by atoms with Crippen molar-refractivity contribution in [3.05, 3.63) is 171 Å². The number of methoxy groups -OCH3 is 2. The number of ether oxygens (including phenoxy) is 5. The number of carbonyl (C=O) groups is 1. The maximum absolute atomic E-state index is 16.2. The summed E-state index contributed by atoms with van der Waals surface area (Å²) < 4.78 is 104. The minimum Gasteiger partial charge on any atom is -0.497 e. The lowest BCUT2D eigenvalue weighted by atomic mass is 9.80. The molecule has 3 aromatic heterocycles. The number of anilines is 1. The van der Waals surface area contributed by atoms with Crippen LogP contribution < -0.4 is 25.9 Å². The van der Waals surface area contributed by atoms with Crippen LogP contribution in [0.5, 0.6) is 11.5 Å². The number of benzene rings is 4. The van der Waals surface area contributed by atoms with Crippen molar-refractivity contribution in [3.63, 3.8) is 0 Å². The van der Waals surface area contributed by atoms with Gasteiger partial charge < -0.3 is 37.4 Å². The van der Waals surface area contributed by atoms with Crippen LogP contribution in [0.25, 0.3) is 26.8 Å². The molecule has 92 heavy (non-hydrogen) atoms. The highest BCUT2D eigenvalue weighted by molar-refractivity contribution is 7.48. The molecule has 24 nitrogen and oxygen atoms in total. The number of phosphoric acid groups is 1. The van der Waals surface area contributed by atoms with Gasteiger partial charge in [-0.25, -0.2) is 16.1 Å². The number of fused-ring (bicyclic) bond motifs is 2. The van der Waals surface area contributed by atoms with Crippen LogP contribution >= 0.6 is 16.1 Å². The van der Waals surface area contributed by atoms with Crippen LogP contribution in [0.4, 0.5) is 5.95 Å². The monoisotopic (exact) mass is 1340 g/mol. The minimum absolute atomic E-state index is 0.0842. The summed E-state index contributed by atoms with van der Waals surface area (Å²) in [7, 11) is -11.3. The number of imidazole rings is 1. The maximum atomic E-state index is 16.2. The molecule has 5 heterocycles. The first-order valence-corrected chi connectivity index (χ1v) is 38.6. The Kier molecular flexibility index (Phi) is 21.3. The molecule has 0 aliphatic carbocycles. The van der Waals surface area contributed by atoms with Gasteiger partial charge in [0, 0.05) is 22.1 Å². The van der Waals surface area contributed by atoms with Crippen molar-refractivity contribution >= 4 is 66.5 Å². The third-order valence-corrected chi connectivity index (χ3v) is 28.4. The van der Waals surface area contributed by atoms with E-state index in [9.17, 15) is 23.8 Å². The first kappa shape index (κ1) is 69.7. The molecular formula is C64H82N7O17P2Si2+. The lowest BCUT2D eigenvalue weighted by Gasteiger charge is -2.41. The molecule has 2 aliphatic rings. The first-order chi connectivity index (χ1) is 43.4. The highest BCUT2D eigenvalue weighted by Crippen LogP contribution is 2.57. The zero-order valence-electron chi connectivity index (χ0n) is 54.2. The number of hydrogen-bond donors (Lipinski definition) is 3. The number of pyridine rings is 1. The van der Waals surface area contributed by atoms with Gasteiger partial charge in [0.05, 0.1) is 33.8 Å². The summed E-state index contributed by atoms with van der Waals surface area (Å²) in [5.74, 6) is 0.0401. The van der Waals surface area contributed by atoms with E-state index in [4.69, 9.17) is 62.2 Å². The van der Waals surface area contributed by atoms with E-state index in [2.05, 4.69) is 20.1 Å². The second-order valence-corrected chi connectivity index (χ2v) is 37.8. The van der Waals surface area contributed by atoms with E-state index in [0.717, 1.165) is 5.56 Å². The molecule has 1 amide bonds. The SMILES string of the molecule is [C-]#[N+]CCOP(=O)(OC[C@H]1O[C@@H](n2ccc3ccccc3c2=O)[C@H](O[Si](C)(C)C(C)(C)C)[C@@H]1O[P+](=O)O)O[C@@H]1[C@H](O[Si](C)(C)C(C)(C)C)[C@@H](COC(c2ccccc2)(c2ccc(OC)cc2)c2ccc(OC)cc2)O[C@H]1n1cnc2c(=O)[nH]c(NC(=O)C(C)C)nc21. The number of hydrogen-bond acceptors (Lipinski definition) is 18. The molecular weight excluding hydrogens is 1260 g/mol. The van der Waals surface area contributed by atoms with Gasteiger partial charge in [-0.3, -0.25) is 47.4 Å². The third kappa shape index (κ3) is 14.8. The molecule has 2 fully saturated rings. The number of nitrogens with one attached hydrogen (secondary N) is 2. The smallest absolute Gasteiger partial charge is 0.497 e. The Morgan fingerprint density at radius 1 is 0.761 bits per heavy atom. The number of aromatic nitrogens is 5. The van der Waals surface area contributed by atoms with Gasteiger partial charge in [0.2, 0.25) is 18.4 Å². The molecule has 3 N–H and O–H groups in total. The largest absolute Gasteiger partial charge is 0.695 e. The number of carbonyl (C=O) groups excluding carboxylic acids is 1. The van der Waals surface area contributed by atoms with Crippen LogP contribution in [0.15, 0.2) is 131 Å². The lowest BCUT2D eigenvalue weighted by molar-refractivity contribution is -0.118. The summed E-state index contributed by atoms with van der Waals surface area (Å²) >= 11 is 0. The fraction of sp³-hybridized carbons (Fsp3) is 0.469. The van der Waals surface area contributed by atoms with Crippen molar-refractivity contribution in [3.8, 4) is 11.5 Å². The Bertz CT molecular complexity index is 3920. The Morgan fingerprint density at radius 3 is 1.88 bits per heavy atom. The van der Waals surface area contributed by atoms with E-state index in [-0.39, 0.29) is 30.3 Å². The van der Waals surface area contributed by atoms with E-state index >= 15 is 4.57 Å². The molecule has 2 unspecified atom stereocenters. The Morgan fingerprint density at radius 2 is 1.32 bits per heavy atom. The number of rotatable bonds is 26. The second kappa shape index (κ2) is 28.1. The van der Waals surface area contributed by atoms with Crippen LogP contribution in [-0.2, 0) is 60.7 Å². The standard InChI is InChI=1S/C64H81N7O17P2Si2/c1-40(2)56(72)68-61-67-55-50(57(73)69-61)66-39-71(55)59-53(52(87-91(12,13)62(3,4)5)48(83-59)37-80-64(42-22-17-16-18-23-42,43-25-29-45(78-10)30-26-43)44-27-31-46(79-11)32-28-44)86-90(77,81-36-34-65-9)82-38-49-51(85-89(75)76)54(88-92(14,15)63(6,7)8)60(84-49)70-35-33-41-21-19-20-24-47(41)58(70)74/h16-33,35,39-40,48-49,51-54,59-60H,34,36-38H2,1-8,10-15H3,(H2-,67,68,69,72,73,75,76)/p+1/t48-,49-,51-,52-,53-,54-,59-,60-,90?/m1/s1. The Labute approximate surface area is 537 Å². The molecule has 10 atom stereocenters. The molecule has 7 aromatic rings. The van der Waals surface area contributed by atoms with E-state index in [1.807, 2.05) is 147 Å². The van der Waals surface area contributed by atoms with Gasteiger partial charge in [-0.2, -0.15) is 4.98 Å². The van der Waals surface area contributed by atoms with Gasteiger partial charge in [0.1, 0.15) is 54.2 Å². The second-order valence-electron chi connectivity index (χ2n) is 26.0. The van der Waals surface area contributed by atoms with Crippen molar-refractivity contribution in [2.75, 3.05) is 45.9 Å². The summed E-state index contributed by atoms with van der Waals surface area (Å²) in [4.78, 5) is 67.4. The topological polar surface area (TPSA) is 275 Å². The molecule has 4 aromatic carbocycles. The van der Waals surface area contributed by atoms with E-state index in [0.29, 0.717) is 33.4 Å². The van der Waals surface area contributed by atoms with Gasteiger partial charge >= 0.3 is 16.1 Å². The third-order valence-electron chi connectivity index (χ3n) is 17.6. The van der Waals surface area contributed by atoms with Crippen molar-refractivity contribution in [1.29, 1.82) is 0 Å². The van der Waals surface area contributed by atoms with E-state index in [1.165, 1.54) is 15.5 Å². The minimum atomic E-state index is -5.16.